The van der Waals surface area contributed by atoms with Crippen molar-refractivity contribution in [3.05, 3.63) is 90.3 Å². The summed E-state index contributed by atoms with van der Waals surface area (Å²) in [5, 5.41) is 0. The maximum atomic E-state index is 14.8. The van der Waals surface area contributed by atoms with Gasteiger partial charge in [0.15, 0.2) is 11.6 Å². The van der Waals surface area contributed by atoms with Crippen molar-refractivity contribution in [3.63, 3.8) is 0 Å². The summed E-state index contributed by atoms with van der Waals surface area (Å²) < 4.78 is 55.2. The minimum Gasteiger partial charge on any atom is -0.490 e. The fourth-order valence-corrected chi connectivity index (χ4v) is 4.21. The SMILES string of the molecule is C=CCCCOc1ccc(-c2ccc(-c3ccc(C4CCC(C)CO4)c(F)c3)cc2)c(F)c1F. The number of ether oxygens (including phenoxy) is 2. The van der Waals surface area contributed by atoms with E-state index >= 15 is 0 Å². The Hall–Kier alpha value is -3.05. The van der Waals surface area contributed by atoms with Gasteiger partial charge >= 0.3 is 0 Å². The van der Waals surface area contributed by atoms with Crippen LogP contribution < -0.4 is 4.74 Å². The van der Waals surface area contributed by atoms with Gasteiger partial charge in [-0.15, -0.1) is 6.58 Å². The second-order valence-electron chi connectivity index (χ2n) is 8.84. The molecule has 3 aromatic rings. The van der Waals surface area contributed by atoms with Crippen LogP contribution in [-0.4, -0.2) is 13.2 Å². The van der Waals surface area contributed by atoms with Crippen LogP contribution >= 0.6 is 0 Å². The van der Waals surface area contributed by atoms with Gasteiger partial charge in [-0.2, -0.15) is 4.39 Å². The minimum absolute atomic E-state index is 0.103. The van der Waals surface area contributed by atoms with E-state index in [9.17, 15) is 13.2 Å². The first-order valence-electron chi connectivity index (χ1n) is 11.7. The van der Waals surface area contributed by atoms with E-state index in [4.69, 9.17) is 9.47 Å². The second-order valence-corrected chi connectivity index (χ2v) is 8.84. The van der Waals surface area contributed by atoms with Gasteiger partial charge in [0.05, 0.1) is 12.7 Å². The van der Waals surface area contributed by atoms with Crippen LogP contribution in [-0.2, 0) is 4.74 Å². The molecule has 1 aliphatic heterocycles. The maximum absolute atomic E-state index is 14.8. The van der Waals surface area contributed by atoms with Crippen molar-refractivity contribution >= 4 is 0 Å². The summed E-state index contributed by atoms with van der Waals surface area (Å²) in [4.78, 5) is 0. The summed E-state index contributed by atoms with van der Waals surface area (Å²) in [5.41, 5.74) is 2.76. The van der Waals surface area contributed by atoms with Gasteiger partial charge in [0.25, 0.3) is 0 Å². The maximum Gasteiger partial charge on any atom is 0.201 e. The highest BCUT2D eigenvalue weighted by Gasteiger charge is 2.23. The van der Waals surface area contributed by atoms with E-state index in [-0.39, 0.29) is 29.8 Å². The summed E-state index contributed by atoms with van der Waals surface area (Å²) in [6, 6.07) is 15.1. The number of rotatable bonds is 8. The molecular weight excluding hydrogens is 437 g/mol. The highest BCUT2D eigenvalue weighted by Crippen LogP contribution is 2.35. The van der Waals surface area contributed by atoms with Gasteiger partial charge in [-0.25, -0.2) is 8.78 Å². The number of allylic oxidation sites excluding steroid dienone is 1. The zero-order valence-corrected chi connectivity index (χ0v) is 19.3. The highest BCUT2D eigenvalue weighted by molar-refractivity contribution is 5.71. The van der Waals surface area contributed by atoms with Gasteiger partial charge in [-0.3, -0.25) is 0 Å². The van der Waals surface area contributed by atoms with Crippen molar-refractivity contribution in [1.82, 2.24) is 0 Å². The van der Waals surface area contributed by atoms with Gasteiger partial charge in [0, 0.05) is 17.7 Å². The van der Waals surface area contributed by atoms with Gasteiger partial charge in [0.2, 0.25) is 5.82 Å². The summed E-state index contributed by atoms with van der Waals surface area (Å²) in [7, 11) is 0. The van der Waals surface area contributed by atoms with Gasteiger partial charge in [-0.05, 0) is 66.5 Å². The van der Waals surface area contributed by atoms with Crippen LogP contribution in [0.4, 0.5) is 13.2 Å². The second kappa shape index (κ2) is 10.9. The number of hydrogen-bond donors (Lipinski definition) is 0. The largest absolute Gasteiger partial charge is 0.490 e. The van der Waals surface area contributed by atoms with Crippen LogP contribution in [0.5, 0.6) is 5.75 Å². The lowest BCUT2D eigenvalue weighted by molar-refractivity contribution is -0.0141. The molecule has 0 amide bonds. The van der Waals surface area contributed by atoms with Crippen LogP contribution in [0.15, 0.2) is 67.3 Å². The first-order chi connectivity index (χ1) is 16.5. The van der Waals surface area contributed by atoms with E-state index < -0.39 is 11.6 Å². The lowest BCUT2D eigenvalue weighted by Crippen LogP contribution is -2.19. The summed E-state index contributed by atoms with van der Waals surface area (Å²) in [6.45, 7) is 6.69. The fourth-order valence-electron chi connectivity index (χ4n) is 4.21. The van der Waals surface area contributed by atoms with E-state index in [1.165, 1.54) is 18.2 Å². The third-order valence-electron chi connectivity index (χ3n) is 6.24. The highest BCUT2D eigenvalue weighted by atomic mass is 19.2. The lowest BCUT2D eigenvalue weighted by atomic mass is 9.94. The molecule has 5 heteroatoms. The van der Waals surface area contributed by atoms with E-state index in [1.54, 1.807) is 36.4 Å². The smallest absolute Gasteiger partial charge is 0.201 e. The molecular formula is C29H29F3O2. The molecule has 0 saturated carbocycles. The Bertz CT molecular complexity index is 1130. The Morgan fingerprint density at radius 2 is 1.68 bits per heavy atom. The predicted octanol–water partition coefficient (Wildman–Crippen LogP) is 8.27. The van der Waals surface area contributed by atoms with E-state index in [1.807, 2.05) is 6.07 Å². The van der Waals surface area contributed by atoms with Crippen molar-refractivity contribution in [3.8, 4) is 28.0 Å². The Balaban J connectivity index is 1.49. The van der Waals surface area contributed by atoms with Gasteiger partial charge < -0.3 is 9.47 Å². The Labute approximate surface area is 199 Å². The third kappa shape index (κ3) is 5.36. The van der Waals surface area contributed by atoms with E-state index in [0.29, 0.717) is 35.6 Å². The topological polar surface area (TPSA) is 18.5 Å². The molecule has 1 heterocycles. The zero-order chi connectivity index (χ0) is 24.1. The molecule has 1 fully saturated rings. The molecule has 34 heavy (non-hydrogen) atoms. The molecule has 1 saturated heterocycles. The van der Waals surface area contributed by atoms with Crippen molar-refractivity contribution in [2.45, 2.75) is 38.7 Å². The summed E-state index contributed by atoms with van der Waals surface area (Å²) in [6.07, 6.45) is 4.80. The van der Waals surface area contributed by atoms with E-state index in [0.717, 1.165) is 24.8 Å². The standard InChI is InChI=1S/C29H29F3O2/c1-3-4-5-16-33-27-15-13-23(28(31)29(27)32)21-9-7-20(8-10-21)22-11-12-24(25(30)17-22)26-14-6-19(2)18-34-26/h3,7-13,15,17,19,26H,1,4-6,14,16,18H2,2H3. The fraction of sp³-hybridized carbons (Fsp3) is 0.310. The van der Waals surface area contributed by atoms with Crippen LogP contribution in [0.25, 0.3) is 22.3 Å². The van der Waals surface area contributed by atoms with Crippen LogP contribution in [0, 0.1) is 23.4 Å². The number of hydrogen-bond acceptors (Lipinski definition) is 2. The van der Waals surface area contributed by atoms with Crippen LogP contribution in [0.2, 0.25) is 0 Å². The number of benzene rings is 3. The average Bonchev–Trinajstić information content (AvgIpc) is 2.85. The zero-order valence-electron chi connectivity index (χ0n) is 19.3. The van der Waals surface area contributed by atoms with Gasteiger partial charge in [-0.1, -0.05) is 49.4 Å². The molecule has 0 spiro atoms. The third-order valence-corrected chi connectivity index (χ3v) is 6.24. The van der Waals surface area contributed by atoms with Crippen molar-refractivity contribution in [1.29, 1.82) is 0 Å². The lowest BCUT2D eigenvalue weighted by Gasteiger charge is -2.27. The number of unbranched alkanes of at least 4 members (excludes halogenated alkanes) is 1. The molecule has 1 aliphatic rings. The van der Waals surface area contributed by atoms with Crippen molar-refractivity contribution in [2.75, 3.05) is 13.2 Å². The molecule has 3 aromatic carbocycles. The Morgan fingerprint density at radius 3 is 2.35 bits per heavy atom. The predicted molar refractivity (Wildman–Crippen MR) is 129 cm³/mol. The molecule has 0 aliphatic carbocycles. The van der Waals surface area contributed by atoms with Crippen molar-refractivity contribution in [2.24, 2.45) is 5.92 Å². The Morgan fingerprint density at radius 1 is 0.941 bits per heavy atom. The molecule has 0 aromatic heterocycles. The molecule has 0 N–H and O–H groups in total. The molecule has 178 valence electrons. The van der Waals surface area contributed by atoms with Crippen LogP contribution in [0.3, 0.4) is 0 Å². The molecule has 0 bridgehead atoms. The number of halogens is 3. The molecule has 0 radical (unpaired) electrons. The molecule has 2 unspecified atom stereocenters. The van der Waals surface area contributed by atoms with Crippen LogP contribution in [0.1, 0.15) is 44.3 Å². The Kier molecular flexibility index (Phi) is 7.73. The van der Waals surface area contributed by atoms with E-state index in [2.05, 4.69) is 13.5 Å². The first kappa shape index (κ1) is 24.1. The quantitative estimate of drug-likeness (QED) is 0.246. The molecule has 4 rings (SSSR count). The first-order valence-corrected chi connectivity index (χ1v) is 11.7. The normalized spacial score (nSPS) is 18.0. The molecule has 2 atom stereocenters. The van der Waals surface area contributed by atoms with Crippen molar-refractivity contribution < 1.29 is 22.6 Å². The molecule has 2 nitrogen and oxygen atoms in total. The summed E-state index contributed by atoms with van der Waals surface area (Å²) in [5.74, 6) is -1.85. The average molecular weight is 467 g/mol. The summed E-state index contributed by atoms with van der Waals surface area (Å²) >= 11 is 0. The monoisotopic (exact) mass is 466 g/mol. The minimum atomic E-state index is -1.00. The van der Waals surface area contributed by atoms with Gasteiger partial charge in [0.1, 0.15) is 5.82 Å².